The van der Waals surface area contributed by atoms with E-state index in [0.29, 0.717) is 19.4 Å². The summed E-state index contributed by atoms with van der Waals surface area (Å²) in [6.07, 6.45) is 2.20. The van der Waals surface area contributed by atoms with Gasteiger partial charge in [-0.3, -0.25) is 4.79 Å². The Morgan fingerprint density at radius 1 is 1.43 bits per heavy atom. The summed E-state index contributed by atoms with van der Waals surface area (Å²) in [5.74, 6) is -0.0173. The maximum absolute atomic E-state index is 11.7. The molecule has 1 heterocycles. The van der Waals surface area contributed by atoms with Crippen LogP contribution < -0.4 is 5.32 Å². The lowest BCUT2D eigenvalue weighted by Crippen LogP contribution is -2.25. The molecule has 2 rings (SSSR count). The Morgan fingerprint density at radius 3 is 2.90 bits per heavy atom. The maximum Gasteiger partial charge on any atom is 0.220 e. The van der Waals surface area contributed by atoms with Gasteiger partial charge in [0.1, 0.15) is 0 Å². The molecular formula is C17H21NO2S. The second-order valence-corrected chi connectivity index (χ2v) is 6.27. The predicted octanol–water partition coefficient (Wildman–Crippen LogP) is 3.80. The van der Waals surface area contributed by atoms with Gasteiger partial charge >= 0.3 is 0 Å². The summed E-state index contributed by atoms with van der Waals surface area (Å²) >= 11 is 1.59. The van der Waals surface area contributed by atoms with Crippen LogP contribution in [0.25, 0.3) is 10.1 Å². The van der Waals surface area contributed by atoms with Crippen molar-refractivity contribution in [1.29, 1.82) is 0 Å². The third-order valence-electron chi connectivity index (χ3n) is 3.48. The van der Waals surface area contributed by atoms with Crippen molar-refractivity contribution in [2.75, 3.05) is 6.54 Å². The molecule has 0 radical (unpaired) electrons. The largest absolute Gasteiger partial charge is 0.388 e. The van der Waals surface area contributed by atoms with Crippen LogP contribution in [0.2, 0.25) is 0 Å². The Labute approximate surface area is 129 Å². The highest BCUT2D eigenvalue weighted by Gasteiger charge is 2.13. The van der Waals surface area contributed by atoms with Gasteiger partial charge in [-0.15, -0.1) is 11.3 Å². The molecule has 1 atom stereocenters. The van der Waals surface area contributed by atoms with E-state index in [2.05, 4.69) is 5.32 Å². The number of hydrogen-bond donors (Lipinski definition) is 2. The van der Waals surface area contributed by atoms with Gasteiger partial charge in [-0.1, -0.05) is 29.8 Å². The molecule has 2 N–H and O–H groups in total. The number of aliphatic hydroxyl groups excluding tert-OH is 1. The molecule has 3 nitrogen and oxygen atoms in total. The third kappa shape index (κ3) is 4.41. The monoisotopic (exact) mass is 303 g/mol. The Morgan fingerprint density at radius 2 is 2.19 bits per heavy atom. The molecule has 0 saturated carbocycles. The van der Waals surface area contributed by atoms with E-state index in [1.54, 1.807) is 11.3 Å². The van der Waals surface area contributed by atoms with Crippen molar-refractivity contribution in [3.8, 4) is 0 Å². The van der Waals surface area contributed by atoms with Crippen LogP contribution in [0.1, 0.15) is 37.7 Å². The smallest absolute Gasteiger partial charge is 0.220 e. The molecule has 0 saturated heterocycles. The van der Waals surface area contributed by atoms with Gasteiger partial charge in [0.25, 0.3) is 0 Å². The highest BCUT2D eigenvalue weighted by atomic mass is 32.1. The van der Waals surface area contributed by atoms with E-state index in [0.717, 1.165) is 15.8 Å². The average Bonchev–Trinajstić information content (AvgIpc) is 2.94. The first kappa shape index (κ1) is 15.7. The molecule has 0 aliphatic carbocycles. The number of aliphatic hydroxyl groups is 1. The number of carbonyl (C=O) groups is 1. The minimum absolute atomic E-state index is 0.0173. The quantitative estimate of drug-likeness (QED) is 0.798. The molecule has 0 fully saturated rings. The lowest BCUT2D eigenvalue weighted by molar-refractivity contribution is -0.121. The molecule has 1 amide bonds. The highest BCUT2D eigenvalue weighted by molar-refractivity contribution is 7.19. The first-order valence-corrected chi connectivity index (χ1v) is 7.97. The Hall–Kier alpha value is -1.65. The summed E-state index contributed by atoms with van der Waals surface area (Å²) in [7, 11) is 0. The van der Waals surface area contributed by atoms with Crippen LogP contribution >= 0.6 is 11.3 Å². The fraction of sp³-hybridized carbons (Fsp3) is 0.353. The number of nitrogens with one attached hydrogen (secondary N) is 1. The third-order valence-corrected chi connectivity index (χ3v) is 4.69. The van der Waals surface area contributed by atoms with Crippen molar-refractivity contribution in [3.63, 3.8) is 0 Å². The molecule has 1 aromatic heterocycles. The first-order valence-electron chi connectivity index (χ1n) is 7.15. The molecule has 4 heteroatoms. The Kier molecular flexibility index (Phi) is 5.53. The molecule has 0 aliphatic heterocycles. The molecule has 1 aromatic carbocycles. The lowest BCUT2D eigenvalue weighted by atomic mass is 10.1. The summed E-state index contributed by atoms with van der Waals surface area (Å²) in [5, 5.41) is 14.2. The van der Waals surface area contributed by atoms with Crippen molar-refractivity contribution in [1.82, 2.24) is 5.32 Å². The van der Waals surface area contributed by atoms with Crippen molar-refractivity contribution < 1.29 is 9.90 Å². The minimum atomic E-state index is -0.573. The van der Waals surface area contributed by atoms with E-state index < -0.39 is 6.10 Å². The van der Waals surface area contributed by atoms with Crippen LogP contribution in [0.5, 0.6) is 0 Å². The summed E-state index contributed by atoms with van der Waals surface area (Å²) < 4.78 is 1.17. The molecule has 0 aliphatic rings. The van der Waals surface area contributed by atoms with Crippen molar-refractivity contribution in [3.05, 3.63) is 46.9 Å². The predicted molar refractivity (Wildman–Crippen MR) is 88.5 cm³/mol. The SMILES string of the molecule is C/C=C(\C)CNC(=O)CCC(O)c1cc2ccccc2s1. The number of amides is 1. The van der Waals surface area contributed by atoms with Gasteiger partial charge in [0.15, 0.2) is 0 Å². The number of benzene rings is 1. The molecule has 0 bridgehead atoms. The minimum Gasteiger partial charge on any atom is -0.388 e. The molecular weight excluding hydrogens is 282 g/mol. The normalized spacial score (nSPS) is 13.4. The number of thiophene rings is 1. The van der Waals surface area contributed by atoms with Crippen molar-refractivity contribution in [2.24, 2.45) is 0 Å². The maximum atomic E-state index is 11.7. The van der Waals surface area contributed by atoms with Crippen molar-refractivity contribution >= 4 is 27.3 Å². The van der Waals surface area contributed by atoms with E-state index in [-0.39, 0.29) is 5.91 Å². The molecule has 112 valence electrons. The highest BCUT2D eigenvalue weighted by Crippen LogP contribution is 2.31. The number of fused-ring (bicyclic) bond motifs is 1. The Bertz CT molecular complexity index is 612. The molecule has 1 unspecified atom stereocenters. The Balaban J connectivity index is 1.86. The zero-order valence-electron chi connectivity index (χ0n) is 12.4. The van der Waals surface area contributed by atoms with Crippen LogP contribution in [0, 0.1) is 0 Å². The summed E-state index contributed by atoms with van der Waals surface area (Å²) in [5.41, 5.74) is 1.13. The molecule has 0 spiro atoms. The fourth-order valence-corrected chi connectivity index (χ4v) is 3.09. The summed E-state index contributed by atoms with van der Waals surface area (Å²) in [6.45, 7) is 4.51. The van der Waals surface area contributed by atoms with E-state index in [4.69, 9.17) is 0 Å². The van der Waals surface area contributed by atoms with Crippen LogP contribution in [-0.2, 0) is 4.79 Å². The van der Waals surface area contributed by atoms with Gasteiger partial charge in [-0.25, -0.2) is 0 Å². The number of allylic oxidation sites excluding steroid dienone is 1. The topological polar surface area (TPSA) is 49.3 Å². The second kappa shape index (κ2) is 7.38. The van der Waals surface area contributed by atoms with Gasteiger partial charge < -0.3 is 10.4 Å². The lowest BCUT2D eigenvalue weighted by Gasteiger charge is -2.09. The second-order valence-electron chi connectivity index (χ2n) is 5.15. The van der Waals surface area contributed by atoms with Gasteiger partial charge in [-0.05, 0) is 37.8 Å². The number of hydrogen-bond acceptors (Lipinski definition) is 3. The molecule has 21 heavy (non-hydrogen) atoms. The summed E-state index contributed by atoms with van der Waals surface area (Å²) in [6, 6.07) is 10.1. The number of rotatable bonds is 6. The van der Waals surface area contributed by atoms with Gasteiger partial charge in [0, 0.05) is 22.5 Å². The zero-order valence-corrected chi connectivity index (χ0v) is 13.2. The van der Waals surface area contributed by atoms with Gasteiger partial charge in [0.2, 0.25) is 5.91 Å². The van der Waals surface area contributed by atoms with Gasteiger partial charge in [-0.2, -0.15) is 0 Å². The van der Waals surface area contributed by atoms with E-state index in [1.807, 2.05) is 50.3 Å². The number of carbonyl (C=O) groups excluding carboxylic acids is 1. The van der Waals surface area contributed by atoms with Gasteiger partial charge in [0.05, 0.1) is 6.10 Å². The molecule has 2 aromatic rings. The van der Waals surface area contributed by atoms with E-state index >= 15 is 0 Å². The van der Waals surface area contributed by atoms with Crippen LogP contribution in [0.4, 0.5) is 0 Å². The van der Waals surface area contributed by atoms with Crippen LogP contribution in [0.3, 0.4) is 0 Å². The zero-order chi connectivity index (χ0) is 15.2. The van der Waals surface area contributed by atoms with Crippen molar-refractivity contribution in [2.45, 2.75) is 32.8 Å². The fourth-order valence-electron chi connectivity index (χ4n) is 2.01. The van der Waals surface area contributed by atoms with E-state index in [1.165, 1.54) is 4.70 Å². The first-order chi connectivity index (χ1) is 10.1. The van der Waals surface area contributed by atoms with Crippen LogP contribution in [-0.4, -0.2) is 17.6 Å². The average molecular weight is 303 g/mol. The summed E-state index contributed by atoms with van der Waals surface area (Å²) in [4.78, 5) is 12.6. The van der Waals surface area contributed by atoms with Crippen LogP contribution in [0.15, 0.2) is 42.0 Å². The van der Waals surface area contributed by atoms with E-state index in [9.17, 15) is 9.90 Å². The standard InChI is InChI=1S/C17H21NO2S/c1-3-12(2)11-18-17(20)9-8-14(19)16-10-13-6-4-5-7-15(13)21-16/h3-7,10,14,19H,8-9,11H2,1-2H3,(H,18,20)/b12-3+.